The van der Waals surface area contributed by atoms with Gasteiger partial charge in [0.25, 0.3) is 5.91 Å². The number of ether oxygens (including phenoxy) is 1. The molecular formula is C21H24N2O4S. The predicted octanol–water partition coefficient (Wildman–Crippen LogP) is 3.21. The van der Waals surface area contributed by atoms with Crippen LogP contribution < -0.4 is 9.04 Å². The van der Waals surface area contributed by atoms with Crippen molar-refractivity contribution in [3.63, 3.8) is 0 Å². The van der Waals surface area contributed by atoms with Crippen LogP contribution >= 0.6 is 0 Å². The van der Waals surface area contributed by atoms with Crippen molar-refractivity contribution in [2.75, 3.05) is 30.3 Å². The first kappa shape index (κ1) is 18.8. The number of hydrogen-bond donors (Lipinski definition) is 0. The smallest absolute Gasteiger partial charge is 0.254 e. The molecule has 7 heteroatoms. The summed E-state index contributed by atoms with van der Waals surface area (Å²) >= 11 is 0. The highest BCUT2D eigenvalue weighted by molar-refractivity contribution is 7.93. The molecule has 2 heterocycles. The quantitative estimate of drug-likeness (QED) is 0.790. The molecule has 28 heavy (non-hydrogen) atoms. The maximum Gasteiger partial charge on any atom is 0.254 e. The monoisotopic (exact) mass is 400 g/mol. The van der Waals surface area contributed by atoms with Gasteiger partial charge in [0.1, 0.15) is 5.75 Å². The number of amides is 1. The lowest BCUT2D eigenvalue weighted by atomic mass is 10.0. The van der Waals surface area contributed by atoms with Gasteiger partial charge in [-0.1, -0.05) is 12.1 Å². The van der Waals surface area contributed by atoms with E-state index in [0.29, 0.717) is 24.2 Å². The summed E-state index contributed by atoms with van der Waals surface area (Å²) in [5, 5.41) is 0. The van der Waals surface area contributed by atoms with Gasteiger partial charge < -0.3 is 9.64 Å². The number of carbonyl (C=O) groups is 1. The highest BCUT2D eigenvalue weighted by Gasteiger charge is 2.31. The van der Waals surface area contributed by atoms with E-state index in [1.54, 1.807) is 31.4 Å². The first-order valence-electron chi connectivity index (χ1n) is 9.55. The van der Waals surface area contributed by atoms with E-state index in [9.17, 15) is 13.2 Å². The minimum Gasteiger partial charge on any atom is -0.497 e. The number of carbonyl (C=O) groups excluding carboxylic acids is 1. The summed E-state index contributed by atoms with van der Waals surface area (Å²) in [5.41, 5.74) is 2.31. The summed E-state index contributed by atoms with van der Waals surface area (Å²) in [5.74, 6) is 0.964. The van der Waals surface area contributed by atoms with Gasteiger partial charge in [-0.05, 0) is 61.2 Å². The Morgan fingerprint density at radius 3 is 2.32 bits per heavy atom. The van der Waals surface area contributed by atoms with Crippen LogP contribution in [0.15, 0.2) is 48.5 Å². The first-order chi connectivity index (χ1) is 13.5. The van der Waals surface area contributed by atoms with Gasteiger partial charge in [0.15, 0.2) is 0 Å². The summed E-state index contributed by atoms with van der Waals surface area (Å²) in [6, 6.07) is 14.8. The topological polar surface area (TPSA) is 66.9 Å². The Morgan fingerprint density at radius 2 is 1.71 bits per heavy atom. The van der Waals surface area contributed by atoms with Crippen molar-refractivity contribution in [2.45, 2.75) is 25.3 Å². The first-order valence-corrected chi connectivity index (χ1v) is 11.2. The molecule has 0 radical (unpaired) electrons. The molecule has 0 N–H and O–H groups in total. The molecule has 2 aromatic rings. The van der Waals surface area contributed by atoms with Gasteiger partial charge in [0, 0.05) is 18.7 Å². The Bertz CT molecular complexity index is 955. The molecule has 0 spiro atoms. The average molecular weight is 401 g/mol. The standard InChI is InChI=1S/C21H24N2O4S/c1-27-19-11-7-16(8-12-19)20-4-2-13-22(20)21(24)17-5-9-18(10-6-17)23-14-3-15-28(23,25)26/h5-12,20H,2-4,13-15H2,1H3. The molecule has 4 rings (SSSR count). The van der Waals surface area contributed by atoms with Gasteiger partial charge in [-0.25, -0.2) is 8.42 Å². The summed E-state index contributed by atoms with van der Waals surface area (Å²) < 4.78 is 30.8. The molecule has 0 bridgehead atoms. The Balaban J connectivity index is 1.53. The van der Waals surface area contributed by atoms with Gasteiger partial charge in [0.05, 0.1) is 24.6 Å². The second-order valence-electron chi connectivity index (χ2n) is 7.22. The maximum absolute atomic E-state index is 13.1. The lowest BCUT2D eigenvalue weighted by Crippen LogP contribution is -2.30. The van der Waals surface area contributed by atoms with E-state index >= 15 is 0 Å². The zero-order chi connectivity index (χ0) is 19.7. The van der Waals surface area contributed by atoms with Gasteiger partial charge in [-0.15, -0.1) is 0 Å². The fourth-order valence-electron chi connectivity index (χ4n) is 4.05. The molecule has 148 valence electrons. The number of nitrogens with zero attached hydrogens (tertiary/aromatic N) is 2. The third kappa shape index (κ3) is 3.46. The summed E-state index contributed by atoms with van der Waals surface area (Å²) in [7, 11) is -1.58. The van der Waals surface area contributed by atoms with E-state index in [1.807, 2.05) is 29.2 Å². The van der Waals surface area contributed by atoms with Crippen molar-refractivity contribution in [2.24, 2.45) is 0 Å². The highest BCUT2D eigenvalue weighted by atomic mass is 32.2. The molecule has 2 saturated heterocycles. The predicted molar refractivity (Wildman–Crippen MR) is 108 cm³/mol. The average Bonchev–Trinajstić information content (AvgIpc) is 3.34. The largest absolute Gasteiger partial charge is 0.497 e. The molecular weight excluding hydrogens is 376 g/mol. The number of anilines is 1. The normalized spacial score (nSPS) is 21.1. The van der Waals surface area contributed by atoms with Gasteiger partial charge in [-0.2, -0.15) is 0 Å². The maximum atomic E-state index is 13.1. The van der Waals surface area contributed by atoms with Crippen LogP contribution in [0.4, 0.5) is 5.69 Å². The molecule has 6 nitrogen and oxygen atoms in total. The van der Waals surface area contributed by atoms with Crippen LogP contribution in [0.2, 0.25) is 0 Å². The Kier molecular flexibility index (Phi) is 5.02. The van der Waals surface area contributed by atoms with Crippen molar-refractivity contribution in [1.29, 1.82) is 0 Å². The molecule has 1 unspecified atom stereocenters. The van der Waals surface area contributed by atoms with Crippen LogP contribution in [-0.2, 0) is 10.0 Å². The fraction of sp³-hybridized carbons (Fsp3) is 0.381. The van der Waals surface area contributed by atoms with E-state index in [1.165, 1.54) is 4.31 Å². The van der Waals surface area contributed by atoms with Crippen molar-refractivity contribution in [1.82, 2.24) is 4.90 Å². The molecule has 1 atom stereocenters. The molecule has 2 aliphatic rings. The number of methoxy groups -OCH3 is 1. The van der Waals surface area contributed by atoms with E-state index in [-0.39, 0.29) is 17.7 Å². The van der Waals surface area contributed by atoms with Gasteiger partial charge in [-0.3, -0.25) is 9.10 Å². The summed E-state index contributed by atoms with van der Waals surface area (Å²) in [4.78, 5) is 15.0. The number of hydrogen-bond acceptors (Lipinski definition) is 4. The number of sulfonamides is 1. The lowest BCUT2D eigenvalue weighted by molar-refractivity contribution is 0.0735. The molecule has 1 amide bonds. The molecule has 2 aliphatic heterocycles. The fourth-order valence-corrected chi connectivity index (χ4v) is 5.61. The zero-order valence-electron chi connectivity index (χ0n) is 15.9. The number of likely N-dealkylation sites (tertiary alicyclic amines) is 1. The third-order valence-electron chi connectivity index (χ3n) is 5.52. The molecule has 0 aliphatic carbocycles. The molecule has 2 fully saturated rings. The molecule has 2 aromatic carbocycles. The van der Waals surface area contributed by atoms with Crippen molar-refractivity contribution in [3.8, 4) is 5.75 Å². The van der Waals surface area contributed by atoms with E-state index < -0.39 is 10.0 Å². The zero-order valence-corrected chi connectivity index (χ0v) is 16.7. The Labute approximate surface area is 165 Å². The van der Waals surface area contributed by atoms with Crippen LogP contribution in [0.25, 0.3) is 0 Å². The van der Waals surface area contributed by atoms with Crippen LogP contribution in [0.3, 0.4) is 0 Å². The number of benzene rings is 2. The third-order valence-corrected chi connectivity index (χ3v) is 7.39. The van der Waals surface area contributed by atoms with Crippen LogP contribution in [0.1, 0.15) is 41.2 Å². The summed E-state index contributed by atoms with van der Waals surface area (Å²) in [6.07, 6.45) is 2.54. The van der Waals surface area contributed by atoms with Crippen molar-refractivity contribution < 1.29 is 17.9 Å². The minimum atomic E-state index is -3.21. The lowest BCUT2D eigenvalue weighted by Gasteiger charge is -2.25. The Morgan fingerprint density at radius 1 is 1.00 bits per heavy atom. The van der Waals surface area contributed by atoms with E-state index in [0.717, 1.165) is 30.7 Å². The minimum absolute atomic E-state index is 0.0193. The van der Waals surface area contributed by atoms with Gasteiger partial charge in [0.2, 0.25) is 10.0 Å². The van der Waals surface area contributed by atoms with Crippen LogP contribution in [0.5, 0.6) is 5.75 Å². The van der Waals surface area contributed by atoms with E-state index in [4.69, 9.17) is 4.74 Å². The highest BCUT2D eigenvalue weighted by Crippen LogP contribution is 2.34. The van der Waals surface area contributed by atoms with Gasteiger partial charge >= 0.3 is 0 Å². The molecule has 0 saturated carbocycles. The Hall–Kier alpha value is -2.54. The van der Waals surface area contributed by atoms with Crippen molar-refractivity contribution in [3.05, 3.63) is 59.7 Å². The van der Waals surface area contributed by atoms with E-state index in [2.05, 4.69) is 0 Å². The van der Waals surface area contributed by atoms with Crippen molar-refractivity contribution >= 4 is 21.6 Å². The second kappa shape index (κ2) is 7.47. The number of rotatable bonds is 4. The SMILES string of the molecule is COc1ccc(C2CCCN2C(=O)c2ccc(N3CCCS3(=O)=O)cc2)cc1. The molecule has 0 aromatic heterocycles. The van der Waals surface area contributed by atoms with Crippen LogP contribution in [0, 0.1) is 0 Å². The second-order valence-corrected chi connectivity index (χ2v) is 9.23. The summed E-state index contributed by atoms with van der Waals surface area (Å²) in [6.45, 7) is 1.22. The van der Waals surface area contributed by atoms with Crippen LogP contribution in [-0.4, -0.2) is 45.2 Å².